The molecule has 0 aliphatic carbocycles. The van der Waals surface area contributed by atoms with Crippen LogP contribution >= 0.6 is 11.7 Å². The molecule has 0 amide bonds. The zero-order valence-electron chi connectivity index (χ0n) is 7.98. The fourth-order valence-electron chi connectivity index (χ4n) is 1.51. The Labute approximate surface area is 93.8 Å². The van der Waals surface area contributed by atoms with Crippen LogP contribution in [-0.2, 0) is 0 Å². The first kappa shape index (κ1) is 9.29. The Kier molecular flexibility index (Phi) is 1.90. The highest BCUT2D eigenvalue weighted by molar-refractivity contribution is 6.99. The molecule has 3 rings (SSSR count). The topological polar surface area (TPSA) is 64.9 Å². The van der Waals surface area contributed by atoms with E-state index >= 15 is 0 Å². The SMILES string of the molecule is Nc1nsnc1-c1cc2cccc(F)c2o1. The molecule has 0 spiro atoms. The number of aromatic nitrogens is 2. The van der Waals surface area contributed by atoms with Gasteiger partial charge < -0.3 is 10.2 Å². The van der Waals surface area contributed by atoms with Crippen LogP contribution in [0.4, 0.5) is 10.2 Å². The maximum absolute atomic E-state index is 13.4. The molecule has 2 N–H and O–H groups in total. The molecule has 2 aromatic heterocycles. The molecule has 4 nitrogen and oxygen atoms in total. The van der Waals surface area contributed by atoms with E-state index in [-0.39, 0.29) is 5.58 Å². The zero-order valence-corrected chi connectivity index (χ0v) is 8.79. The molecular formula is C10H6FN3OS. The van der Waals surface area contributed by atoms with Gasteiger partial charge >= 0.3 is 0 Å². The monoisotopic (exact) mass is 235 g/mol. The van der Waals surface area contributed by atoms with Crippen molar-refractivity contribution in [1.82, 2.24) is 8.75 Å². The molecule has 0 saturated heterocycles. The zero-order chi connectivity index (χ0) is 11.1. The molecule has 3 aromatic rings. The number of hydrogen-bond donors (Lipinski definition) is 1. The fraction of sp³-hybridized carbons (Fsp3) is 0. The Morgan fingerprint density at radius 1 is 1.31 bits per heavy atom. The highest BCUT2D eigenvalue weighted by Gasteiger charge is 2.14. The third kappa shape index (κ3) is 1.27. The third-order valence-corrected chi connectivity index (χ3v) is 2.79. The Hall–Kier alpha value is -1.95. The van der Waals surface area contributed by atoms with E-state index in [9.17, 15) is 4.39 Å². The van der Waals surface area contributed by atoms with Crippen molar-refractivity contribution in [2.24, 2.45) is 0 Å². The van der Waals surface area contributed by atoms with Gasteiger partial charge in [0.25, 0.3) is 0 Å². The van der Waals surface area contributed by atoms with Crippen LogP contribution in [-0.4, -0.2) is 8.75 Å². The summed E-state index contributed by atoms with van der Waals surface area (Å²) in [7, 11) is 0. The quantitative estimate of drug-likeness (QED) is 0.704. The molecule has 6 heteroatoms. The van der Waals surface area contributed by atoms with Gasteiger partial charge in [-0.3, -0.25) is 0 Å². The molecule has 0 aliphatic rings. The van der Waals surface area contributed by atoms with Gasteiger partial charge in [0, 0.05) is 5.39 Å². The van der Waals surface area contributed by atoms with Crippen molar-refractivity contribution in [3.8, 4) is 11.5 Å². The van der Waals surface area contributed by atoms with E-state index in [1.807, 2.05) is 0 Å². The molecule has 0 saturated carbocycles. The van der Waals surface area contributed by atoms with E-state index in [1.165, 1.54) is 6.07 Å². The lowest BCUT2D eigenvalue weighted by Crippen LogP contribution is -1.86. The maximum atomic E-state index is 13.4. The van der Waals surface area contributed by atoms with Crippen molar-refractivity contribution in [3.63, 3.8) is 0 Å². The molecule has 80 valence electrons. The Balaban J connectivity index is 2.27. The smallest absolute Gasteiger partial charge is 0.170 e. The van der Waals surface area contributed by atoms with E-state index in [4.69, 9.17) is 10.2 Å². The number of fused-ring (bicyclic) bond motifs is 1. The number of nitrogens with two attached hydrogens (primary N) is 1. The normalized spacial score (nSPS) is 11.1. The number of nitrogens with zero attached hydrogens (tertiary/aromatic N) is 2. The summed E-state index contributed by atoms with van der Waals surface area (Å²) in [6.45, 7) is 0. The van der Waals surface area contributed by atoms with Crippen molar-refractivity contribution in [3.05, 3.63) is 30.1 Å². The van der Waals surface area contributed by atoms with Crippen LogP contribution in [0, 0.1) is 5.82 Å². The van der Waals surface area contributed by atoms with Gasteiger partial charge in [0.2, 0.25) is 0 Å². The molecule has 1 aromatic carbocycles. The lowest BCUT2D eigenvalue weighted by molar-refractivity contribution is 0.568. The van der Waals surface area contributed by atoms with E-state index < -0.39 is 5.82 Å². The molecule has 0 fully saturated rings. The lowest BCUT2D eigenvalue weighted by atomic mass is 10.2. The predicted octanol–water partition coefficient (Wildman–Crippen LogP) is 2.67. The van der Waals surface area contributed by atoms with Gasteiger partial charge in [-0.05, 0) is 12.1 Å². The Morgan fingerprint density at radius 3 is 2.88 bits per heavy atom. The van der Waals surface area contributed by atoms with Crippen molar-refractivity contribution in [2.75, 3.05) is 5.73 Å². The van der Waals surface area contributed by atoms with Gasteiger partial charge in [-0.15, -0.1) is 0 Å². The van der Waals surface area contributed by atoms with Gasteiger partial charge in [-0.25, -0.2) is 4.39 Å². The number of nitrogen functional groups attached to an aromatic ring is 1. The summed E-state index contributed by atoms with van der Waals surface area (Å²) < 4.78 is 26.6. The second kappa shape index (κ2) is 3.28. The maximum Gasteiger partial charge on any atom is 0.170 e. The molecule has 0 bridgehead atoms. The summed E-state index contributed by atoms with van der Waals surface area (Å²) in [4.78, 5) is 0. The summed E-state index contributed by atoms with van der Waals surface area (Å²) in [5, 5.41) is 0.683. The van der Waals surface area contributed by atoms with Crippen LogP contribution in [0.1, 0.15) is 0 Å². The average Bonchev–Trinajstić information content (AvgIpc) is 2.84. The number of halogens is 1. The molecule has 16 heavy (non-hydrogen) atoms. The fourth-order valence-corrected chi connectivity index (χ4v) is 1.99. The van der Waals surface area contributed by atoms with Crippen LogP contribution in [0.5, 0.6) is 0 Å². The number of furan rings is 1. The van der Waals surface area contributed by atoms with E-state index in [1.54, 1.807) is 18.2 Å². The van der Waals surface area contributed by atoms with Crippen molar-refractivity contribution >= 4 is 28.5 Å². The van der Waals surface area contributed by atoms with Crippen molar-refractivity contribution in [2.45, 2.75) is 0 Å². The Morgan fingerprint density at radius 2 is 2.19 bits per heavy atom. The summed E-state index contributed by atoms with van der Waals surface area (Å²) in [6.07, 6.45) is 0. The number of benzene rings is 1. The highest BCUT2D eigenvalue weighted by Crippen LogP contribution is 2.30. The first-order chi connectivity index (χ1) is 7.75. The Bertz CT molecular complexity index is 661. The van der Waals surface area contributed by atoms with E-state index in [0.29, 0.717) is 22.7 Å². The average molecular weight is 235 g/mol. The summed E-state index contributed by atoms with van der Waals surface area (Å²) in [5.74, 6) is 0.335. The number of rotatable bonds is 1. The van der Waals surface area contributed by atoms with Crippen LogP contribution in [0.2, 0.25) is 0 Å². The number of anilines is 1. The molecule has 2 heterocycles. The molecule has 0 atom stereocenters. The predicted molar refractivity (Wildman–Crippen MR) is 59.5 cm³/mol. The third-order valence-electron chi connectivity index (χ3n) is 2.24. The second-order valence-electron chi connectivity index (χ2n) is 3.27. The molecule has 0 unspecified atom stereocenters. The van der Waals surface area contributed by atoms with Crippen molar-refractivity contribution in [1.29, 1.82) is 0 Å². The minimum Gasteiger partial charge on any atom is -0.451 e. The molecule has 0 radical (unpaired) electrons. The lowest BCUT2D eigenvalue weighted by Gasteiger charge is -1.90. The minimum absolute atomic E-state index is 0.213. The number of para-hydroxylation sites is 1. The first-order valence-corrected chi connectivity index (χ1v) is 5.25. The van der Waals surface area contributed by atoms with Gasteiger partial charge in [0.15, 0.2) is 28.7 Å². The standard InChI is InChI=1S/C10H6FN3OS/c11-6-3-1-2-5-4-7(15-9(5)6)8-10(12)14-16-13-8/h1-4H,(H2,12,14). The largest absolute Gasteiger partial charge is 0.451 e. The van der Waals surface area contributed by atoms with Gasteiger partial charge in [-0.1, -0.05) is 12.1 Å². The van der Waals surface area contributed by atoms with Crippen LogP contribution in [0.15, 0.2) is 28.7 Å². The van der Waals surface area contributed by atoms with E-state index in [0.717, 1.165) is 11.7 Å². The molecule has 0 aliphatic heterocycles. The van der Waals surface area contributed by atoms with Crippen LogP contribution in [0.25, 0.3) is 22.4 Å². The minimum atomic E-state index is -0.398. The summed E-state index contributed by atoms with van der Waals surface area (Å²) in [6, 6.07) is 6.44. The van der Waals surface area contributed by atoms with Crippen LogP contribution in [0.3, 0.4) is 0 Å². The first-order valence-electron chi connectivity index (χ1n) is 4.52. The summed E-state index contributed by atoms with van der Waals surface area (Å²) in [5.41, 5.74) is 6.29. The van der Waals surface area contributed by atoms with Gasteiger partial charge in [-0.2, -0.15) is 8.75 Å². The highest BCUT2D eigenvalue weighted by atomic mass is 32.1. The summed E-state index contributed by atoms with van der Waals surface area (Å²) >= 11 is 0.996. The van der Waals surface area contributed by atoms with Gasteiger partial charge in [0.05, 0.1) is 11.7 Å². The van der Waals surface area contributed by atoms with Gasteiger partial charge in [0.1, 0.15) is 0 Å². The molecular weight excluding hydrogens is 229 g/mol. The van der Waals surface area contributed by atoms with E-state index in [2.05, 4.69) is 8.75 Å². The second-order valence-corrected chi connectivity index (χ2v) is 3.80. The van der Waals surface area contributed by atoms with Crippen molar-refractivity contribution < 1.29 is 8.81 Å². The van der Waals surface area contributed by atoms with Crippen LogP contribution < -0.4 is 5.73 Å². The number of hydrogen-bond acceptors (Lipinski definition) is 5.